The average Bonchev–Trinajstić information content (AvgIpc) is 3.09. The van der Waals surface area contributed by atoms with Gasteiger partial charge >= 0.3 is 0 Å². The third-order valence-electron chi connectivity index (χ3n) is 5.39. The van der Waals surface area contributed by atoms with Crippen LogP contribution in [0.3, 0.4) is 0 Å². The minimum atomic E-state index is -0.184. The molecule has 1 unspecified atom stereocenters. The predicted molar refractivity (Wildman–Crippen MR) is 109 cm³/mol. The van der Waals surface area contributed by atoms with E-state index in [1.807, 2.05) is 25.1 Å². The lowest BCUT2D eigenvalue weighted by Gasteiger charge is -2.22. The Morgan fingerprint density at radius 3 is 2.33 bits per heavy atom. The number of amides is 3. The number of hydrogen-bond acceptors (Lipinski definition) is 5. The summed E-state index contributed by atoms with van der Waals surface area (Å²) < 4.78 is 11.2. The Labute approximate surface area is 175 Å². The van der Waals surface area contributed by atoms with Crippen LogP contribution in [0.15, 0.2) is 42.5 Å². The number of carbonyl (C=O) groups is 3. The van der Waals surface area contributed by atoms with Crippen LogP contribution in [0.1, 0.15) is 53.7 Å². The second-order valence-electron chi connectivity index (χ2n) is 7.41. The van der Waals surface area contributed by atoms with Gasteiger partial charge in [0.1, 0.15) is 13.2 Å². The van der Waals surface area contributed by atoms with Crippen molar-refractivity contribution in [2.24, 2.45) is 0 Å². The number of hydrogen-bond donors (Lipinski definition) is 1. The maximum Gasteiger partial charge on any atom is 0.251 e. The summed E-state index contributed by atoms with van der Waals surface area (Å²) >= 11 is 0. The van der Waals surface area contributed by atoms with E-state index in [1.165, 1.54) is 4.90 Å². The number of nitrogens with one attached hydrogen (secondary N) is 1. The van der Waals surface area contributed by atoms with Crippen LogP contribution in [0.4, 0.5) is 0 Å². The molecule has 0 bridgehead atoms. The summed E-state index contributed by atoms with van der Waals surface area (Å²) in [6, 6.07) is 12.5. The molecule has 4 rings (SSSR count). The molecule has 0 saturated carbocycles. The molecule has 1 atom stereocenters. The smallest absolute Gasteiger partial charge is 0.251 e. The number of imide groups is 1. The maximum atomic E-state index is 12.8. The first kappa shape index (κ1) is 19.9. The van der Waals surface area contributed by atoms with Crippen molar-refractivity contribution in [1.29, 1.82) is 0 Å². The number of carbonyl (C=O) groups excluding carboxylic acids is 3. The van der Waals surface area contributed by atoms with E-state index < -0.39 is 0 Å². The molecule has 1 N–H and O–H groups in total. The number of fused-ring (bicyclic) bond motifs is 1. The molecule has 1 saturated heterocycles. The van der Waals surface area contributed by atoms with E-state index in [-0.39, 0.29) is 43.1 Å². The number of ether oxygens (including phenoxy) is 2. The van der Waals surface area contributed by atoms with Crippen molar-refractivity contribution in [3.63, 3.8) is 0 Å². The first-order valence-corrected chi connectivity index (χ1v) is 10.2. The Balaban J connectivity index is 1.42. The summed E-state index contributed by atoms with van der Waals surface area (Å²) in [4.78, 5) is 37.6. The SMILES string of the molecule is CCC(NC(=O)c1ccc(CN2C(=O)CCC2=O)cc1)c1ccc2c(c1)OCCO2. The normalized spacial score (nSPS) is 16.5. The fourth-order valence-electron chi connectivity index (χ4n) is 3.68. The van der Waals surface area contributed by atoms with Gasteiger partial charge < -0.3 is 14.8 Å². The highest BCUT2D eigenvalue weighted by atomic mass is 16.6. The van der Waals surface area contributed by atoms with Gasteiger partial charge in [0, 0.05) is 18.4 Å². The Hall–Kier alpha value is -3.35. The van der Waals surface area contributed by atoms with Crippen molar-refractivity contribution in [1.82, 2.24) is 10.2 Å². The molecule has 2 heterocycles. The Bertz CT molecular complexity index is 954. The molecule has 2 aromatic carbocycles. The third-order valence-corrected chi connectivity index (χ3v) is 5.39. The van der Waals surface area contributed by atoms with Gasteiger partial charge in [-0.15, -0.1) is 0 Å². The van der Waals surface area contributed by atoms with E-state index in [0.717, 1.165) is 23.3 Å². The van der Waals surface area contributed by atoms with Crippen LogP contribution in [-0.4, -0.2) is 35.8 Å². The van der Waals surface area contributed by atoms with Crippen LogP contribution in [0.2, 0.25) is 0 Å². The van der Waals surface area contributed by atoms with Crippen LogP contribution < -0.4 is 14.8 Å². The third kappa shape index (κ3) is 4.15. The van der Waals surface area contributed by atoms with Crippen LogP contribution in [0.5, 0.6) is 11.5 Å². The summed E-state index contributed by atoms with van der Waals surface area (Å²) in [5, 5.41) is 3.06. The Morgan fingerprint density at radius 1 is 1.00 bits per heavy atom. The van der Waals surface area contributed by atoms with E-state index >= 15 is 0 Å². The van der Waals surface area contributed by atoms with Crippen LogP contribution in [0, 0.1) is 0 Å². The van der Waals surface area contributed by atoms with Crippen molar-refractivity contribution in [2.45, 2.75) is 38.8 Å². The van der Waals surface area contributed by atoms with Gasteiger partial charge in [0.05, 0.1) is 12.6 Å². The highest BCUT2D eigenvalue weighted by Crippen LogP contribution is 2.33. The van der Waals surface area contributed by atoms with Gasteiger partial charge in [-0.25, -0.2) is 0 Å². The lowest BCUT2D eigenvalue weighted by Crippen LogP contribution is -2.29. The first-order valence-electron chi connectivity index (χ1n) is 10.2. The highest BCUT2D eigenvalue weighted by molar-refractivity contribution is 6.01. The zero-order valence-corrected chi connectivity index (χ0v) is 16.8. The van der Waals surface area contributed by atoms with E-state index in [1.54, 1.807) is 24.3 Å². The number of rotatable bonds is 6. The minimum absolute atomic E-state index is 0.146. The van der Waals surface area contributed by atoms with Crippen LogP contribution in [-0.2, 0) is 16.1 Å². The monoisotopic (exact) mass is 408 g/mol. The molecule has 0 aliphatic carbocycles. The molecule has 3 amide bonds. The zero-order chi connectivity index (χ0) is 21.1. The molecule has 0 aromatic heterocycles. The molecule has 1 fully saturated rings. The first-order chi connectivity index (χ1) is 14.5. The van der Waals surface area contributed by atoms with Crippen LogP contribution >= 0.6 is 0 Å². The number of benzene rings is 2. The van der Waals surface area contributed by atoms with Gasteiger partial charge in [0.15, 0.2) is 11.5 Å². The van der Waals surface area contributed by atoms with Crippen molar-refractivity contribution >= 4 is 17.7 Å². The van der Waals surface area contributed by atoms with Crippen molar-refractivity contribution in [3.8, 4) is 11.5 Å². The lowest BCUT2D eigenvalue weighted by atomic mass is 10.0. The minimum Gasteiger partial charge on any atom is -0.486 e. The quantitative estimate of drug-likeness (QED) is 0.743. The number of likely N-dealkylation sites (tertiary alicyclic amines) is 1. The predicted octanol–water partition coefficient (Wildman–Crippen LogP) is 2.99. The molecule has 0 spiro atoms. The average molecular weight is 408 g/mol. The van der Waals surface area contributed by atoms with Crippen molar-refractivity contribution in [2.75, 3.05) is 13.2 Å². The fourth-order valence-corrected chi connectivity index (χ4v) is 3.68. The molecule has 0 radical (unpaired) electrons. The van der Waals surface area contributed by atoms with Gasteiger partial charge in [-0.3, -0.25) is 19.3 Å². The topological polar surface area (TPSA) is 84.9 Å². The van der Waals surface area contributed by atoms with Gasteiger partial charge in [0.25, 0.3) is 5.91 Å². The summed E-state index contributed by atoms with van der Waals surface area (Å²) in [6.07, 6.45) is 1.28. The van der Waals surface area contributed by atoms with E-state index in [2.05, 4.69) is 5.32 Å². The standard InChI is InChI=1S/C23H24N2O5/c1-2-18(17-7-8-19-20(13-17)30-12-11-29-19)24-23(28)16-5-3-15(4-6-16)14-25-21(26)9-10-22(25)27/h3-8,13,18H,2,9-12,14H2,1H3,(H,24,28). The van der Waals surface area contributed by atoms with Gasteiger partial charge in [0.2, 0.25) is 11.8 Å². The molecule has 156 valence electrons. The van der Waals surface area contributed by atoms with Gasteiger partial charge in [-0.05, 0) is 41.8 Å². The van der Waals surface area contributed by atoms with E-state index in [4.69, 9.17) is 9.47 Å². The van der Waals surface area contributed by atoms with Crippen molar-refractivity contribution in [3.05, 3.63) is 59.2 Å². The molecule has 2 aliphatic rings. The van der Waals surface area contributed by atoms with Gasteiger partial charge in [-0.2, -0.15) is 0 Å². The maximum absolute atomic E-state index is 12.8. The zero-order valence-electron chi connectivity index (χ0n) is 16.8. The fraction of sp³-hybridized carbons (Fsp3) is 0.348. The molecule has 7 heteroatoms. The summed E-state index contributed by atoms with van der Waals surface area (Å²) in [6.45, 7) is 3.31. The largest absolute Gasteiger partial charge is 0.486 e. The molecule has 30 heavy (non-hydrogen) atoms. The van der Waals surface area contributed by atoms with Crippen molar-refractivity contribution < 1.29 is 23.9 Å². The second-order valence-corrected chi connectivity index (χ2v) is 7.41. The Morgan fingerprint density at radius 2 is 1.67 bits per heavy atom. The Kier molecular flexibility index (Phi) is 5.70. The molecule has 2 aromatic rings. The highest BCUT2D eigenvalue weighted by Gasteiger charge is 2.28. The lowest BCUT2D eigenvalue weighted by molar-refractivity contribution is -0.139. The van der Waals surface area contributed by atoms with E-state index in [9.17, 15) is 14.4 Å². The number of nitrogens with zero attached hydrogens (tertiary/aromatic N) is 1. The van der Waals surface area contributed by atoms with Gasteiger partial charge in [-0.1, -0.05) is 25.1 Å². The second kappa shape index (κ2) is 8.57. The molecule has 7 nitrogen and oxygen atoms in total. The molecular formula is C23H24N2O5. The molecular weight excluding hydrogens is 384 g/mol. The van der Waals surface area contributed by atoms with Crippen LogP contribution in [0.25, 0.3) is 0 Å². The van der Waals surface area contributed by atoms with E-state index in [0.29, 0.717) is 24.5 Å². The molecule has 2 aliphatic heterocycles. The summed E-state index contributed by atoms with van der Waals surface area (Å²) in [5.74, 6) is 0.939. The summed E-state index contributed by atoms with van der Waals surface area (Å²) in [5.41, 5.74) is 2.29. The summed E-state index contributed by atoms with van der Waals surface area (Å²) in [7, 11) is 0.